The highest BCUT2D eigenvalue weighted by atomic mass is 16.4. The lowest BCUT2D eigenvalue weighted by Gasteiger charge is -2.15. The Hall–Kier alpha value is -2.17. The van der Waals surface area contributed by atoms with Crippen LogP contribution in [0.3, 0.4) is 0 Å². The fourth-order valence-corrected chi connectivity index (χ4v) is 1.97. The molecule has 1 saturated carbocycles. The van der Waals surface area contributed by atoms with Gasteiger partial charge < -0.3 is 9.73 Å². The molecule has 0 radical (unpaired) electrons. The van der Waals surface area contributed by atoms with E-state index in [1.807, 2.05) is 30.3 Å². The molecule has 3 rings (SSSR count). The number of benzene rings is 1. The standard InChI is InChI=1S/C14H15N3O2/c1-9-16-17-14(19-9)12(10-5-3-2-4-6-10)15-13(18)11-7-8-11/h2-6,11-12H,7-8H2,1H3,(H,15,18). The molecule has 1 aliphatic rings. The van der Waals surface area contributed by atoms with E-state index in [-0.39, 0.29) is 17.9 Å². The van der Waals surface area contributed by atoms with Crippen molar-refractivity contribution in [2.45, 2.75) is 25.8 Å². The molecule has 5 heteroatoms. The van der Waals surface area contributed by atoms with Gasteiger partial charge in [0.2, 0.25) is 17.7 Å². The first kappa shape index (κ1) is 11.9. The molecule has 1 amide bonds. The van der Waals surface area contributed by atoms with Crippen molar-refractivity contribution in [3.05, 3.63) is 47.7 Å². The Bertz CT molecular complexity index is 575. The van der Waals surface area contributed by atoms with E-state index in [1.165, 1.54) is 0 Å². The van der Waals surface area contributed by atoms with Crippen LogP contribution in [0.2, 0.25) is 0 Å². The number of aromatic nitrogens is 2. The van der Waals surface area contributed by atoms with E-state index in [9.17, 15) is 4.79 Å². The molecule has 0 aliphatic heterocycles. The van der Waals surface area contributed by atoms with Gasteiger partial charge in [-0.3, -0.25) is 4.79 Å². The first-order valence-corrected chi connectivity index (χ1v) is 6.39. The number of rotatable bonds is 4. The molecule has 1 N–H and O–H groups in total. The van der Waals surface area contributed by atoms with Gasteiger partial charge in [-0.25, -0.2) is 0 Å². The Labute approximate surface area is 111 Å². The summed E-state index contributed by atoms with van der Waals surface area (Å²) in [5.41, 5.74) is 0.945. The second-order valence-corrected chi connectivity index (χ2v) is 4.79. The minimum Gasteiger partial charge on any atom is -0.423 e. The lowest BCUT2D eigenvalue weighted by atomic mass is 10.1. The van der Waals surface area contributed by atoms with Gasteiger partial charge >= 0.3 is 0 Å². The number of amides is 1. The van der Waals surface area contributed by atoms with Gasteiger partial charge in [0.15, 0.2) is 0 Å². The monoisotopic (exact) mass is 257 g/mol. The lowest BCUT2D eigenvalue weighted by molar-refractivity contribution is -0.122. The first-order valence-electron chi connectivity index (χ1n) is 6.39. The number of carbonyl (C=O) groups excluding carboxylic acids is 1. The van der Waals surface area contributed by atoms with E-state index < -0.39 is 0 Å². The van der Waals surface area contributed by atoms with Crippen LogP contribution >= 0.6 is 0 Å². The number of nitrogens with one attached hydrogen (secondary N) is 1. The fraction of sp³-hybridized carbons (Fsp3) is 0.357. The predicted molar refractivity (Wildman–Crippen MR) is 68.2 cm³/mol. The van der Waals surface area contributed by atoms with Crippen LogP contribution in [-0.4, -0.2) is 16.1 Å². The van der Waals surface area contributed by atoms with Gasteiger partial charge in [-0.15, -0.1) is 10.2 Å². The van der Waals surface area contributed by atoms with Gasteiger partial charge in [-0.1, -0.05) is 30.3 Å². The first-order chi connectivity index (χ1) is 9.24. The van der Waals surface area contributed by atoms with E-state index in [2.05, 4.69) is 15.5 Å². The van der Waals surface area contributed by atoms with Crippen LogP contribution in [0.15, 0.2) is 34.7 Å². The van der Waals surface area contributed by atoms with Gasteiger partial charge in [0.25, 0.3) is 0 Å². The van der Waals surface area contributed by atoms with E-state index in [0.29, 0.717) is 11.8 Å². The normalized spacial score (nSPS) is 16.1. The summed E-state index contributed by atoms with van der Waals surface area (Å²) < 4.78 is 5.46. The Morgan fingerprint density at radius 1 is 1.32 bits per heavy atom. The van der Waals surface area contributed by atoms with Crippen molar-refractivity contribution in [2.75, 3.05) is 0 Å². The molecule has 1 heterocycles. The molecule has 0 bridgehead atoms. The Morgan fingerprint density at radius 2 is 2.05 bits per heavy atom. The second-order valence-electron chi connectivity index (χ2n) is 4.79. The van der Waals surface area contributed by atoms with Crippen molar-refractivity contribution in [1.82, 2.24) is 15.5 Å². The van der Waals surface area contributed by atoms with Crippen LogP contribution < -0.4 is 5.32 Å². The lowest BCUT2D eigenvalue weighted by Crippen LogP contribution is -2.30. The summed E-state index contributed by atoms with van der Waals surface area (Å²) in [6.07, 6.45) is 1.94. The number of carbonyl (C=O) groups is 1. The van der Waals surface area contributed by atoms with Crippen molar-refractivity contribution in [1.29, 1.82) is 0 Å². The number of hydrogen-bond donors (Lipinski definition) is 1. The molecular weight excluding hydrogens is 242 g/mol. The molecule has 0 spiro atoms. The highest BCUT2D eigenvalue weighted by molar-refractivity contribution is 5.81. The average Bonchev–Trinajstić information content (AvgIpc) is 3.20. The summed E-state index contributed by atoms with van der Waals surface area (Å²) in [7, 11) is 0. The predicted octanol–water partition coefficient (Wildman–Crippen LogP) is 1.99. The smallest absolute Gasteiger partial charge is 0.243 e. The van der Waals surface area contributed by atoms with Crippen LogP contribution in [0, 0.1) is 12.8 Å². The topological polar surface area (TPSA) is 68.0 Å². The van der Waals surface area contributed by atoms with Crippen LogP contribution in [0.25, 0.3) is 0 Å². The summed E-state index contributed by atoms with van der Waals surface area (Å²) in [4.78, 5) is 12.0. The van der Waals surface area contributed by atoms with Crippen LogP contribution in [0.4, 0.5) is 0 Å². The molecule has 1 aromatic carbocycles. The largest absolute Gasteiger partial charge is 0.423 e. The molecule has 1 fully saturated rings. The van der Waals surface area contributed by atoms with Crippen LogP contribution in [0.1, 0.15) is 36.2 Å². The molecule has 5 nitrogen and oxygen atoms in total. The summed E-state index contributed by atoms with van der Waals surface area (Å²) in [5.74, 6) is 1.13. The van der Waals surface area contributed by atoms with Crippen LogP contribution in [0.5, 0.6) is 0 Å². The highest BCUT2D eigenvalue weighted by Gasteiger charge is 2.32. The molecule has 1 unspecified atom stereocenters. The average molecular weight is 257 g/mol. The fourth-order valence-electron chi connectivity index (χ4n) is 1.97. The van der Waals surface area contributed by atoms with Crippen molar-refractivity contribution >= 4 is 5.91 Å². The number of aryl methyl sites for hydroxylation is 1. The van der Waals surface area contributed by atoms with E-state index in [4.69, 9.17) is 4.42 Å². The second kappa shape index (κ2) is 4.84. The van der Waals surface area contributed by atoms with Gasteiger partial charge in [-0.05, 0) is 18.4 Å². The summed E-state index contributed by atoms with van der Waals surface area (Å²) in [6, 6.07) is 9.30. The quantitative estimate of drug-likeness (QED) is 0.909. The highest BCUT2D eigenvalue weighted by Crippen LogP contribution is 2.30. The molecule has 2 aromatic rings. The summed E-state index contributed by atoms with van der Waals surface area (Å²) >= 11 is 0. The Kier molecular flexibility index (Phi) is 3.03. The zero-order valence-electron chi connectivity index (χ0n) is 10.7. The Balaban J connectivity index is 1.88. The maximum absolute atomic E-state index is 12.0. The number of nitrogens with zero attached hydrogens (tertiary/aromatic N) is 2. The minimum atomic E-state index is -0.365. The molecule has 1 aromatic heterocycles. The van der Waals surface area contributed by atoms with E-state index >= 15 is 0 Å². The third-order valence-corrected chi connectivity index (χ3v) is 3.16. The molecule has 1 atom stereocenters. The number of hydrogen-bond acceptors (Lipinski definition) is 4. The minimum absolute atomic E-state index is 0.0599. The molecule has 19 heavy (non-hydrogen) atoms. The van der Waals surface area contributed by atoms with Crippen molar-refractivity contribution in [2.24, 2.45) is 5.92 Å². The van der Waals surface area contributed by atoms with Crippen molar-refractivity contribution in [3.8, 4) is 0 Å². The Morgan fingerprint density at radius 3 is 2.63 bits per heavy atom. The third kappa shape index (κ3) is 2.65. The summed E-state index contributed by atoms with van der Waals surface area (Å²) in [6.45, 7) is 1.74. The zero-order chi connectivity index (χ0) is 13.2. The van der Waals surface area contributed by atoms with E-state index in [0.717, 1.165) is 18.4 Å². The van der Waals surface area contributed by atoms with Crippen LogP contribution in [-0.2, 0) is 4.79 Å². The zero-order valence-corrected chi connectivity index (χ0v) is 10.7. The van der Waals surface area contributed by atoms with Gasteiger partial charge in [0, 0.05) is 12.8 Å². The molecule has 0 saturated heterocycles. The van der Waals surface area contributed by atoms with Crippen molar-refractivity contribution in [3.63, 3.8) is 0 Å². The summed E-state index contributed by atoms with van der Waals surface area (Å²) in [5, 5.41) is 10.8. The van der Waals surface area contributed by atoms with Gasteiger partial charge in [0.1, 0.15) is 6.04 Å². The molecule has 1 aliphatic carbocycles. The van der Waals surface area contributed by atoms with Gasteiger partial charge in [-0.2, -0.15) is 0 Å². The van der Waals surface area contributed by atoms with E-state index in [1.54, 1.807) is 6.92 Å². The SMILES string of the molecule is Cc1nnc(C(NC(=O)C2CC2)c2ccccc2)o1. The maximum atomic E-state index is 12.0. The third-order valence-electron chi connectivity index (χ3n) is 3.16. The molecular formula is C14H15N3O2. The maximum Gasteiger partial charge on any atom is 0.243 e. The van der Waals surface area contributed by atoms with Gasteiger partial charge in [0.05, 0.1) is 0 Å². The van der Waals surface area contributed by atoms with Crippen molar-refractivity contribution < 1.29 is 9.21 Å². The molecule has 98 valence electrons.